The molecule has 35 heavy (non-hydrogen) atoms. The maximum Gasteiger partial charge on any atom is 0.261 e. The second kappa shape index (κ2) is 13.1. The minimum Gasteiger partial charge on any atom is -0.482 e. The Labute approximate surface area is 214 Å². The maximum absolute atomic E-state index is 14.5. The van der Waals surface area contributed by atoms with Gasteiger partial charge in [-0.25, -0.2) is 4.39 Å². The molecule has 3 aromatic rings. The van der Waals surface area contributed by atoms with Crippen molar-refractivity contribution in [2.75, 3.05) is 13.2 Å². The van der Waals surface area contributed by atoms with E-state index in [9.17, 15) is 14.0 Å². The summed E-state index contributed by atoms with van der Waals surface area (Å²) in [5.74, 6) is -0.971. The van der Waals surface area contributed by atoms with E-state index in [0.717, 1.165) is 12.0 Å². The zero-order valence-corrected chi connectivity index (χ0v) is 20.9. The molecule has 0 spiro atoms. The van der Waals surface area contributed by atoms with Gasteiger partial charge in [-0.15, -0.1) is 0 Å². The molecule has 0 bridgehead atoms. The summed E-state index contributed by atoms with van der Waals surface area (Å²) < 4.78 is 20.2. The number of carbonyl (C=O) groups is 2. The molecular formula is C27H27Cl2FN2O3. The van der Waals surface area contributed by atoms with Crippen molar-refractivity contribution in [1.82, 2.24) is 10.2 Å². The first kappa shape index (κ1) is 26.5. The largest absolute Gasteiger partial charge is 0.482 e. The van der Waals surface area contributed by atoms with Gasteiger partial charge >= 0.3 is 0 Å². The van der Waals surface area contributed by atoms with E-state index < -0.39 is 17.8 Å². The molecule has 5 nitrogen and oxygen atoms in total. The number of amides is 2. The molecule has 1 N–H and O–H groups in total. The topological polar surface area (TPSA) is 58.6 Å². The van der Waals surface area contributed by atoms with E-state index in [0.29, 0.717) is 17.1 Å². The fraction of sp³-hybridized carbons (Fsp3) is 0.259. The van der Waals surface area contributed by atoms with Crippen molar-refractivity contribution in [2.45, 2.75) is 32.4 Å². The summed E-state index contributed by atoms with van der Waals surface area (Å²) >= 11 is 12.1. The molecule has 3 rings (SSSR count). The highest BCUT2D eigenvalue weighted by Gasteiger charge is 2.31. The van der Waals surface area contributed by atoms with Gasteiger partial charge in [-0.3, -0.25) is 9.59 Å². The number of rotatable bonds is 11. The SMILES string of the molecule is CCCNC(=O)[C@H](Cc1ccccc1)N(Cc1ccccc1F)C(=O)COc1ccc(Cl)cc1Cl. The minimum atomic E-state index is -0.875. The van der Waals surface area contributed by atoms with Gasteiger partial charge in [0.05, 0.1) is 5.02 Å². The van der Waals surface area contributed by atoms with Crippen LogP contribution in [0.4, 0.5) is 4.39 Å². The van der Waals surface area contributed by atoms with Gasteiger partial charge < -0.3 is 15.0 Å². The molecule has 0 radical (unpaired) electrons. The first-order chi connectivity index (χ1) is 16.9. The van der Waals surface area contributed by atoms with E-state index in [-0.39, 0.29) is 36.3 Å². The van der Waals surface area contributed by atoms with Crippen LogP contribution < -0.4 is 10.1 Å². The van der Waals surface area contributed by atoms with Gasteiger partial charge in [-0.1, -0.05) is 78.7 Å². The van der Waals surface area contributed by atoms with Crippen molar-refractivity contribution >= 4 is 35.0 Å². The van der Waals surface area contributed by atoms with Crippen LogP contribution in [0.3, 0.4) is 0 Å². The fourth-order valence-corrected chi connectivity index (χ4v) is 4.01. The van der Waals surface area contributed by atoms with Gasteiger partial charge in [-0.2, -0.15) is 0 Å². The first-order valence-electron chi connectivity index (χ1n) is 11.3. The Kier molecular flexibility index (Phi) is 9.94. The normalized spacial score (nSPS) is 11.5. The van der Waals surface area contributed by atoms with Crippen LogP contribution in [0.5, 0.6) is 5.75 Å². The summed E-state index contributed by atoms with van der Waals surface area (Å²) in [4.78, 5) is 28.0. The van der Waals surface area contributed by atoms with Gasteiger partial charge in [0, 0.05) is 30.1 Å². The van der Waals surface area contributed by atoms with Crippen molar-refractivity contribution in [1.29, 1.82) is 0 Å². The highest BCUT2D eigenvalue weighted by molar-refractivity contribution is 6.35. The van der Waals surface area contributed by atoms with Gasteiger partial charge in [-0.05, 0) is 36.2 Å². The average Bonchev–Trinajstić information content (AvgIpc) is 2.85. The van der Waals surface area contributed by atoms with Gasteiger partial charge in [0.25, 0.3) is 5.91 Å². The molecule has 2 amide bonds. The van der Waals surface area contributed by atoms with Crippen molar-refractivity contribution in [3.63, 3.8) is 0 Å². The maximum atomic E-state index is 14.5. The van der Waals surface area contributed by atoms with Gasteiger partial charge in [0.2, 0.25) is 5.91 Å². The molecule has 3 aromatic carbocycles. The first-order valence-corrected chi connectivity index (χ1v) is 12.1. The van der Waals surface area contributed by atoms with Crippen LogP contribution in [0, 0.1) is 5.82 Å². The zero-order valence-electron chi connectivity index (χ0n) is 19.3. The molecule has 0 aliphatic carbocycles. The molecule has 0 unspecified atom stereocenters. The molecule has 0 heterocycles. The molecule has 0 saturated carbocycles. The fourth-order valence-electron chi connectivity index (χ4n) is 3.54. The standard InChI is InChI=1S/C27H27Cl2FN2O3/c1-2-14-31-27(34)24(15-19-8-4-3-5-9-19)32(17-20-10-6-7-11-23(20)30)26(33)18-35-25-13-12-21(28)16-22(25)29/h3-13,16,24H,2,14-15,17-18H2,1H3,(H,31,34)/t24-/m0/s1. The quantitative estimate of drug-likeness (QED) is 0.356. The Morgan fingerprint density at radius 1 is 1.03 bits per heavy atom. The smallest absolute Gasteiger partial charge is 0.261 e. The van der Waals surface area contributed by atoms with E-state index in [1.54, 1.807) is 30.3 Å². The second-order valence-electron chi connectivity index (χ2n) is 7.97. The van der Waals surface area contributed by atoms with Crippen LogP contribution in [0.25, 0.3) is 0 Å². The van der Waals surface area contributed by atoms with Gasteiger partial charge in [0.1, 0.15) is 17.6 Å². The molecule has 8 heteroatoms. The van der Waals surface area contributed by atoms with Crippen LogP contribution in [0.2, 0.25) is 10.0 Å². The predicted molar refractivity (Wildman–Crippen MR) is 136 cm³/mol. The lowest BCUT2D eigenvalue weighted by molar-refractivity contribution is -0.142. The van der Waals surface area contributed by atoms with Crippen molar-refractivity contribution in [3.8, 4) is 5.75 Å². The number of nitrogens with one attached hydrogen (secondary N) is 1. The third kappa shape index (κ3) is 7.70. The van der Waals surface area contributed by atoms with E-state index in [4.69, 9.17) is 27.9 Å². The third-order valence-corrected chi connectivity index (χ3v) is 5.89. The Morgan fingerprint density at radius 3 is 2.43 bits per heavy atom. The third-order valence-electron chi connectivity index (χ3n) is 5.36. The summed E-state index contributed by atoms with van der Waals surface area (Å²) in [7, 11) is 0. The lowest BCUT2D eigenvalue weighted by atomic mass is 10.0. The number of halogens is 3. The van der Waals surface area contributed by atoms with E-state index in [1.807, 2.05) is 37.3 Å². The zero-order chi connectivity index (χ0) is 25.2. The van der Waals surface area contributed by atoms with E-state index >= 15 is 0 Å². The Morgan fingerprint density at radius 2 is 1.74 bits per heavy atom. The van der Waals surface area contributed by atoms with Crippen molar-refractivity contribution in [3.05, 3.63) is 99.8 Å². The number of hydrogen-bond donors (Lipinski definition) is 1. The highest BCUT2D eigenvalue weighted by atomic mass is 35.5. The minimum absolute atomic E-state index is 0.0970. The van der Waals surface area contributed by atoms with Crippen molar-refractivity contribution < 1.29 is 18.7 Å². The summed E-state index contributed by atoms with van der Waals surface area (Å²) in [6, 6.07) is 19.4. The van der Waals surface area contributed by atoms with Crippen LogP contribution in [-0.4, -0.2) is 35.9 Å². The average molecular weight is 517 g/mol. The van der Waals surface area contributed by atoms with Crippen molar-refractivity contribution in [2.24, 2.45) is 0 Å². The predicted octanol–water partition coefficient (Wildman–Crippen LogP) is 5.68. The number of carbonyl (C=O) groups excluding carboxylic acids is 2. The summed E-state index contributed by atoms with van der Waals surface area (Å²) in [5, 5.41) is 3.57. The van der Waals surface area contributed by atoms with E-state index in [1.165, 1.54) is 17.0 Å². The molecular weight excluding hydrogens is 490 g/mol. The van der Waals surface area contributed by atoms with Crippen LogP contribution in [0.15, 0.2) is 72.8 Å². The molecule has 0 saturated heterocycles. The Balaban J connectivity index is 1.91. The highest BCUT2D eigenvalue weighted by Crippen LogP contribution is 2.27. The van der Waals surface area contributed by atoms with Crippen LogP contribution in [-0.2, 0) is 22.6 Å². The Bertz CT molecular complexity index is 1140. The number of benzene rings is 3. The molecule has 184 valence electrons. The van der Waals surface area contributed by atoms with Gasteiger partial charge in [0.15, 0.2) is 6.61 Å². The van der Waals surface area contributed by atoms with Crippen LogP contribution >= 0.6 is 23.2 Å². The van der Waals surface area contributed by atoms with Crippen LogP contribution in [0.1, 0.15) is 24.5 Å². The molecule has 1 atom stereocenters. The molecule has 0 aliphatic heterocycles. The monoisotopic (exact) mass is 516 g/mol. The number of ether oxygens (including phenoxy) is 1. The number of hydrogen-bond acceptors (Lipinski definition) is 3. The second-order valence-corrected chi connectivity index (χ2v) is 8.82. The summed E-state index contributed by atoms with van der Waals surface area (Å²) in [6.45, 7) is 1.92. The summed E-state index contributed by atoms with van der Waals surface area (Å²) in [6.07, 6.45) is 1.00. The summed E-state index contributed by atoms with van der Waals surface area (Å²) in [5.41, 5.74) is 1.17. The molecule has 0 aromatic heterocycles. The Hall–Kier alpha value is -3.09. The number of nitrogens with zero attached hydrogens (tertiary/aromatic N) is 1. The molecule has 0 fully saturated rings. The van der Waals surface area contributed by atoms with E-state index in [2.05, 4.69) is 5.32 Å². The lowest BCUT2D eigenvalue weighted by Crippen LogP contribution is -2.52. The molecule has 0 aliphatic rings. The lowest BCUT2D eigenvalue weighted by Gasteiger charge is -2.31.